The van der Waals surface area contributed by atoms with Gasteiger partial charge in [-0.1, -0.05) is 0 Å². The number of thiol groups is 1. The molecular weight excluding hydrogens is 485 g/mol. The van der Waals surface area contributed by atoms with Gasteiger partial charge in [0.05, 0.1) is 0 Å². The topological polar surface area (TPSA) is 0 Å². The Morgan fingerprint density at radius 1 is 1.00 bits per heavy atom. The Morgan fingerprint density at radius 2 is 1.60 bits per heavy atom. The molecule has 0 unspecified atom stereocenters. The zero-order valence-electron chi connectivity index (χ0n) is 4.74. The van der Waals surface area contributed by atoms with E-state index in [2.05, 4.69) is 86.5 Å². The van der Waals surface area contributed by atoms with Crippen LogP contribution in [-0.4, -0.2) is 0 Å². The van der Waals surface area contributed by atoms with Crippen LogP contribution in [0.2, 0.25) is 0 Å². The van der Waals surface area contributed by atoms with Gasteiger partial charge in [-0.3, -0.25) is 0 Å². The van der Waals surface area contributed by atoms with E-state index < -0.39 is 0 Å². The second kappa shape index (κ2) is 4.13. The fourth-order valence-electron chi connectivity index (χ4n) is 0.516. The number of rotatable bonds is 0. The Bertz CT molecular complexity index is 232. The van der Waals surface area contributed by atoms with Crippen LogP contribution < -0.4 is 0 Å². The van der Waals surface area contributed by atoms with E-state index in [4.69, 9.17) is 0 Å². The van der Waals surface area contributed by atoms with Crippen LogP contribution in [0.3, 0.4) is 0 Å². The van der Waals surface area contributed by atoms with Gasteiger partial charge in [0.1, 0.15) is 0 Å². The molecule has 1 rings (SSSR count). The van der Waals surface area contributed by atoms with Gasteiger partial charge >= 0.3 is 0 Å². The summed E-state index contributed by atoms with van der Waals surface area (Å²) in [4.78, 5) is 1.06. The molecule has 54 valence electrons. The monoisotopic (exact) mass is 488 g/mol. The highest BCUT2D eigenvalue weighted by Gasteiger charge is 2.02. The predicted octanol–water partition coefficient (Wildman–Crippen LogP) is 3.79. The van der Waals surface area contributed by atoms with Crippen molar-refractivity contribution in [2.45, 2.75) is 4.90 Å². The van der Waals surface area contributed by atoms with Crippen LogP contribution in [0, 0.1) is 10.7 Å². The van der Waals surface area contributed by atoms with Gasteiger partial charge in [0, 0.05) is 15.6 Å². The summed E-state index contributed by atoms with van der Waals surface area (Å²) >= 11 is 11.3. The Hall–Kier alpha value is 1.76. The third-order valence-electron chi connectivity index (χ3n) is 1.01. The second-order valence-electron chi connectivity index (χ2n) is 1.69. The van der Waals surface area contributed by atoms with Crippen LogP contribution in [0.5, 0.6) is 0 Å². The average Bonchev–Trinajstić information content (AvgIpc) is 1.93. The van der Waals surface area contributed by atoms with Crippen molar-refractivity contribution >= 4 is 80.4 Å². The lowest BCUT2D eigenvalue weighted by molar-refractivity contribution is 1.35. The molecule has 0 radical (unpaired) electrons. The van der Waals surface area contributed by atoms with Crippen LogP contribution in [0.4, 0.5) is 0 Å². The van der Waals surface area contributed by atoms with Gasteiger partial charge in [-0.25, -0.2) is 0 Å². The van der Waals surface area contributed by atoms with Crippen LogP contribution >= 0.6 is 80.4 Å². The molecule has 10 heavy (non-hydrogen) atoms. The van der Waals surface area contributed by atoms with Crippen LogP contribution in [0.15, 0.2) is 17.0 Å². The van der Waals surface area contributed by atoms with Gasteiger partial charge in [-0.05, 0) is 79.9 Å². The predicted molar refractivity (Wildman–Crippen MR) is 71.8 cm³/mol. The van der Waals surface area contributed by atoms with Crippen molar-refractivity contribution in [2.75, 3.05) is 0 Å². The molecule has 0 fully saturated rings. The van der Waals surface area contributed by atoms with Gasteiger partial charge in [0.2, 0.25) is 0 Å². The third kappa shape index (κ3) is 2.13. The fourth-order valence-corrected chi connectivity index (χ4v) is 2.82. The molecule has 0 saturated carbocycles. The Balaban J connectivity index is 3.34. The molecule has 0 aliphatic carbocycles. The molecule has 1 aromatic carbocycles. The minimum atomic E-state index is 1.06. The van der Waals surface area contributed by atoms with Crippen molar-refractivity contribution in [1.29, 1.82) is 0 Å². The lowest BCUT2D eigenvalue weighted by Crippen LogP contribution is -1.85. The van der Waals surface area contributed by atoms with Crippen LogP contribution in [0.1, 0.15) is 0 Å². The fraction of sp³-hybridized carbons (Fsp3) is 0. The zero-order valence-corrected chi connectivity index (χ0v) is 12.1. The number of benzene rings is 1. The van der Waals surface area contributed by atoms with Gasteiger partial charge in [-0.2, -0.15) is 0 Å². The quantitative estimate of drug-likeness (QED) is 0.321. The molecule has 0 aliphatic heterocycles. The molecule has 0 bridgehead atoms. The van der Waals surface area contributed by atoms with E-state index in [-0.39, 0.29) is 0 Å². The Labute approximate surface area is 106 Å². The number of hydrogen-bond acceptors (Lipinski definition) is 1. The maximum atomic E-state index is 4.30. The Morgan fingerprint density at radius 3 is 2.10 bits per heavy atom. The highest BCUT2D eigenvalue weighted by atomic mass is 127. The van der Waals surface area contributed by atoms with Crippen molar-refractivity contribution in [3.63, 3.8) is 0 Å². The smallest absolute Gasteiger partial charge is 0.0408 e. The maximum Gasteiger partial charge on any atom is 0.0408 e. The highest BCUT2D eigenvalue weighted by Crippen LogP contribution is 2.26. The average molecular weight is 488 g/mol. The van der Waals surface area contributed by atoms with E-state index in [1.54, 1.807) is 0 Å². The molecule has 0 amide bonds. The molecule has 0 heterocycles. The minimum absolute atomic E-state index is 1.06. The first-order chi connectivity index (χ1) is 4.63. The SMILES string of the molecule is Sc1ccc(I)c(I)c1I. The van der Waals surface area contributed by atoms with Crippen molar-refractivity contribution in [3.05, 3.63) is 22.8 Å². The molecule has 0 atom stereocenters. The first-order valence-corrected chi connectivity index (χ1v) is 6.13. The van der Waals surface area contributed by atoms with E-state index in [9.17, 15) is 0 Å². The maximum absolute atomic E-state index is 4.30. The molecule has 0 aromatic heterocycles. The molecule has 4 heteroatoms. The highest BCUT2D eigenvalue weighted by molar-refractivity contribution is 14.1. The van der Waals surface area contributed by atoms with Crippen molar-refractivity contribution in [2.24, 2.45) is 0 Å². The van der Waals surface area contributed by atoms with Crippen molar-refractivity contribution < 1.29 is 0 Å². The van der Waals surface area contributed by atoms with Crippen molar-refractivity contribution in [3.8, 4) is 0 Å². The summed E-state index contributed by atoms with van der Waals surface area (Å²) in [6, 6.07) is 4.10. The molecule has 0 nitrogen and oxygen atoms in total. The van der Waals surface area contributed by atoms with E-state index in [1.807, 2.05) is 6.07 Å². The summed E-state index contributed by atoms with van der Waals surface area (Å²) in [5.41, 5.74) is 0. The lowest BCUT2D eigenvalue weighted by atomic mass is 10.4. The van der Waals surface area contributed by atoms with Crippen LogP contribution in [0.25, 0.3) is 0 Å². The van der Waals surface area contributed by atoms with E-state index in [0.29, 0.717) is 0 Å². The summed E-state index contributed by atoms with van der Waals surface area (Å²) in [6.07, 6.45) is 0. The first kappa shape index (κ1) is 9.85. The zero-order chi connectivity index (χ0) is 7.72. The summed E-state index contributed by atoms with van der Waals surface area (Å²) in [7, 11) is 0. The molecule has 0 aliphatic rings. The second-order valence-corrected chi connectivity index (χ2v) is 5.50. The van der Waals surface area contributed by atoms with E-state index in [1.165, 1.54) is 10.7 Å². The molecule has 0 spiro atoms. The van der Waals surface area contributed by atoms with E-state index >= 15 is 0 Å². The summed E-state index contributed by atoms with van der Waals surface area (Å²) < 4.78 is 3.83. The first-order valence-electron chi connectivity index (χ1n) is 2.45. The summed E-state index contributed by atoms with van der Waals surface area (Å²) in [5, 5.41) is 0. The van der Waals surface area contributed by atoms with Gasteiger partial charge in [0.15, 0.2) is 0 Å². The van der Waals surface area contributed by atoms with Gasteiger partial charge in [0.25, 0.3) is 0 Å². The molecule has 0 N–H and O–H groups in total. The largest absolute Gasteiger partial charge is 0.142 e. The molecule has 0 saturated heterocycles. The normalized spacial score (nSPS) is 10.0. The number of halogens is 3. The number of hydrogen-bond donors (Lipinski definition) is 1. The van der Waals surface area contributed by atoms with Gasteiger partial charge < -0.3 is 0 Å². The third-order valence-corrected chi connectivity index (χ3v) is 7.02. The summed E-state index contributed by atoms with van der Waals surface area (Å²) in [5.74, 6) is 0. The Kier molecular flexibility index (Phi) is 4.06. The molecule has 1 aromatic rings. The van der Waals surface area contributed by atoms with Crippen molar-refractivity contribution in [1.82, 2.24) is 0 Å². The molecular formula is C6H3I3S. The standard InChI is InChI=1S/C6H3I3S/c7-3-1-2-4(10)6(9)5(3)8/h1-2,10H. The lowest BCUT2D eigenvalue weighted by Gasteiger charge is -2.01. The van der Waals surface area contributed by atoms with Crippen LogP contribution in [-0.2, 0) is 0 Å². The van der Waals surface area contributed by atoms with E-state index in [0.717, 1.165) is 4.90 Å². The van der Waals surface area contributed by atoms with Gasteiger partial charge in [-0.15, -0.1) is 12.6 Å². The minimum Gasteiger partial charge on any atom is -0.142 e. The summed E-state index contributed by atoms with van der Waals surface area (Å²) in [6.45, 7) is 0.